The van der Waals surface area contributed by atoms with Gasteiger partial charge in [-0.05, 0) is 11.1 Å². The largest absolute Gasteiger partial charge is 0.480 e. The van der Waals surface area contributed by atoms with Crippen LogP contribution in [-0.4, -0.2) is 17.6 Å². The van der Waals surface area contributed by atoms with Crippen LogP contribution in [0.4, 0.5) is 0 Å². The van der Waals surface area contributed by atoms with Crippen molar-refractivity contribution in [3.8, 4) is 0 Å². The van der Waals surface area contributed by atoms with Crippen molar-refractivity contribution in [1.29, 1.82) is 0 Å². The quantitative estimate of drug-likeness (QED) is 0.756. The van der Waals surface area contributed by atoms with E-state index in [0.717, 1.165) is 11.1 Å². The zero-order valence-electron chi connectivity index (χ0n) is 7.60. The molecule has 1 aliphatic carbocycles. The summed E-state index contributed by atoms with van der Waals surface area (Å²) in [6.07, 6.45) is 3.99. The highest BCUT2D eigenvalue weighted by Gasteiger charge is 2.16. The van der Waals surface area contributed by atoms with Crippen LogP contribution in [0.1, 0.15) is 17.2 Å². The van der Waals surface area contributed by atoms with E-state index in [1.54, 1.807) is 0 Å². The third kappa shape index (κ3) is 1.67. The Bertz CT molecular complexity index is 385. The van der Waals surface area contributed by atoms with E-state index in [1.807, 2.05) is 36.4 Å². The van der Waals surface area contributed by atoms with Crippen molar-refractivity contribution in [2.75, 3.05) is 6.54 Å². The molecule has 0 bridgehead atoms. The lowest BCUT2D eigenvalue weighted by atomic mass is 10.1. The Morgan fingerprint density at radius 1 is 1.43 bits per heavy atom. The van der Waals surface area contributed by atoms with Gasteiger partial charge in [-0.15, -0.1) is 0 Å². The van der Waals surface area contributed by atoms with Crippen molar-refractivity contribution in [1.82, 2.24) is 5.32 Å². The first-order valence-electron chi connectivity index (χ1n) is 4.49. The van der Waals surface area contributed by atoms with Crippen molar-refractivity contribution in [3.63, 3.8) is 0 Å². The first-order valence-corrected chi connectivity index (χ1v) is 4.49. The molecule has 72 valence electrons. The first-order chi connectivity index (χ1) is 6.77. The summed E-state index contributed by atoms with van der Waals surface area (Å²) in [6, 6.07) is 8.01. The fourth-order valence-electron chi connectivity index (χ4n) is 1.62. The molecule has 0 aliphatic heterocycles. The highest BCUT2D eigenvalue weighted by Crippen LogP contribution is 2.27. The summed E-state index contributed by atoms with van der Waals surface area (Å²) in [5.74, 6) is -0.831. The lowest BCUT2D eigenvalue weighted by Crippen LogP contribution is -2.25. The van der Waals surface area contributed by atoms with Gasteiger partial charge in [-0.3, -0.25) is 10.1 Å². The van der Waals surface area contributed by atoms with E-state index in [-0.39, 0.29) is 12.6 Å². The molecule has 2 N–H and O–H groups in total. The predicted molar refractivity (Wildman–Crippen MR) is 53.9 cm³/mol. The zero-order chi connectivity index (χ0) is 9.97. The van der Waals surface area contributed by atoms with E-state index >= 15 is 0 Å². The third-order valence-electron chi connectivity index (χ3n) is 2.27. The number of rotatable bonds is 3. The van der Waals surface area contributed by atoms with Gasteiger partial charge in [-0.1, -0.05) is 36.4 Å². The van der Waals surface area contributed by atoms with Crippen molar-refractivity contribution < 1.29 is 9.90 Å². The van der Waals surface area contributed by atoms with Crippen LogP contribution in [0.25, 0.3) is 6.08 Å². The van der Waals surface area contributed by atoms with E-state index in [9.17, 15) is 4.79 Å². The number of aliphatic carboxylic acids is 1. The molecule has 2 rings (SSSR count). The van der Waals surface area contributed by atoms with Gasteiger partial charge in [0.05, 0.1) is 12.6 Å². The monoisotopic (exact) mass is 189 g/mol. The van der Waals surface area contributed by atoms with Gasteiger partial charge in [-0.25, -0.2) is 0 Å². The topological polar surface area (TPSA) is 49.3 Å². The number of benzene rings is 1. The Morgan fingerprint density at radius 2 is 2.21 bits per heavy atom. The summed E-state index contributed by atoms with van der Waals surface area (Å²) >= 11 is 0. The molecule has 0 heterocycles. The average Bonchev–Trinajstić information content (AvgIpc) is 2.58. The maximum Gasteiger partial charge on any atom is 0.317 e. The Hall–Kier alpha value is -1.61. The van der Waals surface area contributed by atoms with Crippen LogP contribution in [0.2, 0.25) is 0 Å². The van der Waals surface area contributed by atoms with E-state index in [1.165, 1.54) is 0 Å². The Labute approximate surface area is 82.1 Å². The normalized spacial score (nSPS) is 18.1. The Morgan fingerprint density at radius 3 is 3.00 bits per heavy atom. The minimum absolute atomic E-state index is 0.0106. The van der Waals surface area contributed by atoms with Crippen LogP contribution < -0.4 is 5.32 Å². The second-order valence-electron chi connectivity index (χ2n) is 3.24. The predicted octanol–water partition coefficient (Wildman–Crippen LogP) is 1.43. The molecule has 1 atom stereocenters. The highest BCUT2D eigenvalue weighted by atomic mass is 16.4. The number of nitrogens with one attached hydrogen (secondary N) is 1. The number of carbonyl (C=O) groups is 1. The van der Waals surface area contributed by atoms with E-state index in [0.29, 0.717) is 0 Å². The second kappa shape index (κ2) is 3.64. The summed E-state index contributed by atoms with van der Waals surface area (Å²) in [5, 5.41) is 11.5. The third-order valence-corrected chi connectivity index (χ3v) is 2.27. The molecule has 1 aromatic rings. The van der Waals surface area contributed by atoms with Gasteiger partial charge in [-0.2, -0.15) is 0 Å². The summed E-state index contributed by atoms with van der Waals surface area (Å²) in [7, 11) is 0. The van der Waals surface area contributed by atoms with Crippen molar-refractivity contribution in [2.45, 2.75) is 6.04 Å². The van der Waals surface area contributed by atoms with Gasteiger partial charge in [0.2, 0.25) is 0 Å². The van der Waals surface area contributed by atoms with Gasteiger partial charge >= 0.3 is 5.97 Å². The van der Waals surface area contributed by atoms with Crippen molar-refractivity contribution in [2.24, 2.45) is 0 Å². The first kappa shape index (κ1) is 8.97. The van der Waals surface area contributed by atoms with Gasteiger partial charge < -0.3 is 5.11 Å². The average molecular weight is 189 g/mol. The molecule has 14 heavy (non-hydrogen) atoms. The molecule has 0 saturated heterocycles. The highest BCUT2D eigenvalue weighted by molar-refractivity contribution is 5.69. The van der Waals surface area contributed by atoms with Crippen molar-refractivity contribution >= 4 is 12.0 Å². The Balaban J connectivity index is 2.11. The molecule has 0 fully saturated rings. The number of carboxylic acid groups (broad SMARTS) is 1. The molecular formula is C11H11NO2. The van der Waals surface area contributed by atoms with Crippen LogP contribution in [0, 0.1) is 0 Å². The van der Waals surface area contributed by atoms with E-state index < -0.39 is 5.97 Å². The maximum atomic E-state index is 10.4. The van der Waals surface area contributed by atoms with Crippen molar-refractivity contribution in [3.05, 3.63) is 41.5 Å². The van der Waals surface area contributed by atoms with E-state index in [4.69, 9.17) is 5.11 Å². The minimum Gasteiger partial charge on any atom is -0.480 e. The number of hydrogen-bond acceptors (Lipinski definition) is 2. The van der Waals surface area contributed by atoms with Gasteiger partial charge in [0.1, 0.15) is 0 Å². The van der Waals surface area contributed by atoms with Gasteiger partial charge in [0.25, 0.3) is 0 Å². The molecule has 0 aromatic heterocycles. The number of fused-ring (bicyclic) bond motifs is 1. The summed E-state index contributed by atoms with van der Waals surface area (Å²) in [6.45, 7) is -0.0106. The molecule has 0 amide bonds. The van der Waals surface area contributed by atoms with Gasteiger partial charge in [0, 0.05) is 0 Å². The zero-order valence-corrected chi connectivity index (χ0v) is 7.60. The summed E-state index contributed by atoms with van der Waals surface area (Å²) in [4.78, 5) is 10.4. The van der Waals surface area contributed by atoms with E-state index in [2.05, 4.69) is 5.32 Å². The Kier molecular flexibility index (Phi) is 2.33. The smallest absolute Gasteiger partial charge is 0.317 e. The number of carboxylic acids is 1. The molecule has 1 aliphatic rings. The molecule has 1 aromatic carbocycles. The SMILES string of the molecule is O=C(O)CN[C@H]1C=Cc2ccccc21. The molecule has 3 heteroatoms. The van der Waals surface area contributed by atoms with Crippen LogP contribution in [0.5, 0.6) is 0 Å². The fraction of sp³-hybridized carbons (Fsp3) is 0.182. The lowest BCUT2D eigenvalue weighted by molar-refractivity contribution is -0.136. The summed E-state index contributed by atoms with van der Waals surface area (Å²) < 4.78 is 0. The molecular weight excluding hydrogens is 178 g/mol. The maximum absolute atomic E-state index is 10.4. The molecule has 0 unspecified atom stereocenters. The minimum atomic E-state index is -0.831. The van der Waals surface area contributed by atoms with Crippen LogP contribution in [0.3, 0.4) is 0 Å². The molecule has 3 nitrogen and oxygen atoms in total. The standard InChI is InChI=1S/C11H11NO2/c13-11(14)7-12-10-6-5-8-3-1-2-4-9(8)10/h1-6,10,12H,7H2,(H,13,14)/t10-/m0/s1. The second-order valence-corrected chi connectivity index (χ2v) is 3.24. The fourth-order valence-corrected chi connectivity index (χ4v) is 1.62. The molecule has 0 saturated carbocycles. The van der Waals surface area contributed by atoms with Gasteiger partial charge in [0.15, 0.2) is 0 Å². The van der Waals surface area contributed by atoms with Crippen LogP contribution >= 0.6 is 0 Å². The van der Waals surface area contributed by atoms with Crippen LogP contribution in [0.15, 0.2) is 30.3 Å². The molecule has 0 spiro atoms. The number of hydrogen-bond donors (Lipinski definition) is 2. The van der Waals surface area contributed by atoms with Crippen LogP contribution in [-0.2, 0) is 4.79 Å². The molecule has 0 radical (unpaired) electrons. The lowest BCUT2D eigenvalue weighted by Gasteiger charge is -2.10. The summed E-state index contributed by atoms with van der Waals surface area (Å²) in [5.41, 5.74) is 2.31.